The van der Waals surface area contributed by atoms with Crippen LogP contribution < -0.4 is 15.1 Å². The molecule has 144 valence electrons. The lowest BCUT2D eigenvalue weighted by atomic mass is 10.1. The van der Waals surface area contributed by atoms with Gasteiger partial charge >= 0.3 is 6.03 Å². The number of likely N-dealkylation sites (N-methyl/N-ethyl adjacent to an activating group) is 1. The van der Waals surface area contributed by atoms with Crippen LogP contribution in [-0.4, -0.2) is 50.6 Å². The summed E-state index contributed by atoms with van der Waals surface area (Å²) < 4.78 is 0.831. The van der Waals surface area contributed by atoms with E-state index in [0.717, 1.165) is 15.8 Å². The van der Waals surface area contributed by atoms with Gasteiger partial charge in [-0.1, -0.05) is 11.6 Å². The van der Waals surface area contributed by atoms with Crippen molar-refractivity contribution in [3.8, 4) is 5.82 Å². The lowest BCUT2D eigenvalue weighted by Crippen LogP contribution is -2.49. The molecule has 4 rings (SSSR count). The van der Waals surface area contributed by atoms with Gasteiger partial charge in [-0.3, -0.25) is 9.88 Å². The smallest absolute Gasteiger partial charge is 0.326 e. The maximum Gasteiger partial charge on any atom is 0.326 e. The van der Waals surface area contributed by atoms with Crippen molar-refractivity contribution in [1.29, 1.82) is 0 Å². The largest absolute Gasteiger partial charge is 0.367 e. The van der Waals surface area contributed by atoms with Crippen molar-refractivity contribution in [2.24, 2.45) is 0 Å². The first kappa shape index (κ1) is 18.6. The highest BCUT2D eigenvalue weighted by Gasteiger charge is 2.31. The molecule has 3 aromatic heterocycles. The minimum Gasteiger partial charge on any atom is -0.367 e. The van der Waals surface area contributed by atoms with E-state index in [1.165, 1.54) is 23.4 Å². The van der Waals surface area contributed by atoms with Crippen LogP contribution in [0.5, 0.6) is 0 Å². The average Bonchev–Trinajstić information content (AvgIpc) is 3.19. The molecule has 1 atom stereocenters. The third-order valence-electron chi connectivity index (χ3n) is 4.53. The van der Waals surface area contributed by atoms with Gasteiger partial charge in [0.05, 0.1) is 51.3 Å². The van der Waals surface area contributed by atoms with Gasteiger partial charge in [-0.25, -0.2) is 9.78 Å². The van der Waals surface area contributed by atoms with Gasteiger partial charge in [0.2, 0.25) is 0 Å². The zero-order chi connectivity index (χ0) is 19.8. The molecule has 0 aromatic carbocycles. The number of anilines is 3. The van der Waals surface area contributed by atoms with E-state index in [2.05, 4.69) is 53.2 Å². The fourth-order valence-electron chi connectivity index (χ4n) is 3.02. The van der Waals surface area contributed by atoms with E-state index in [9.17, 15) is 4.79 Å². The Hall–Kier alpha value is -2.72. The summed E-state index contributed by atoms with van der Waals surface area (Å²) in [5.41, 5.74) is 2.12. The number of fused-ring (bicyclic) bond motifs is 1. The van der Waals surface area contributed by atoms with Crippen LogP contribution in [0.15, 0.2) is 41.5 Å². The van der Waals surface area contributed by atoms with Crippen molar-refractivity contribution in [1.82, 2.24) is 25.0 Å². The molecule has 0 fully saturated rings. The Bertz CT molecular complexity index is 1030. The van der Waals surface area contributed by atoms with Crippen molar-refractivity contribution in [3.05, 3.63) is 46.5 Å². The Kier molecular flexibility index (Phi) is 4.90. The molecule has 0 bridgehead atoms. The quantitative estimate of drug-likeness (QED) is 0.627. The number of pyridine rings is 2. The van der Waals surface area contributed by atoms with Crippen LogP contribution in [0.4, 0.5) is 21.9 Å². The molecular weight excluding hydrogens is 448 g/mol. The second-order valence-corrected chi connectivity index (χ2v) is 7.60. The second-order valence-electron chi connectivity index (χ2n) is 6.34. The summed E-state index contributed by atoms with van der Waals surface area (Å²) in [6.45, 7) is 2.57. The predicted octanol–water partition coefficient (Wildman–Crippen LogP) is 3.35. The first-order valence-corrected chi connectivity index (χ1v) is 9.60. The molecule has 1 aliphatic rings. The number of amides is 2. The van der Waals surface area contributed by atoms with E-state index in [-0.39, 0.29) is 12.1 Å². The molecule has 3 aromatic rings. The van der Waals surface area contributed by atoms with E-state index in [1.54, 1.807) is 23.4 Å². The summed E-state index contributed by atoms with van der Waals surface area (Å²) in [6.07, 6.45) is 7.98. The second kappa shape index (κ2) is 7.36. The number of aromatic nitrogens is 5. The van der Waals surface area contributed by atoms with Crippen LogP contribution in [0.25, 0.3) is 5.82 Å². The number of urea groups is 1. The number of nitrogens with one attached hydrogen (secondary N) is 1. The summed E-state index contributed by atoms with van der Waals surface area (Å²) >= 11 is 9.81. The van der Waals surface area contributed by atoms with Gasteiger partial charge in [0.15, 0.2) is 5.82 Å². The van der Waals surface area contributed by atoms with Gasteiger partial charge in [-0.05, 0) is 28.9 Å². The Morgan fingerprint density at radius 3 is 2.75 bits per heavy atom. The predicted molar refractivity (Wildman–Crippen MR) is 110 cm³/mol. The summed E-state index contributed by atoms with van der Waals surface area (Å²) in [5.74, 6) is 0.386. The zero-order valence-electron chi connectivity index (χ0n) is 15.0. The molecule has 0 saturated carbocycles. The standard InChI is InChI=1S/C17H16BrClN8O/c1-10-9-26(14-8-20-7-12(18)15(14)25(10)2)17(28)24-11-5-13(19)16(21-6-11)27-22-3-4-23-27/h3-8,10H,9H2,1-2H3,(H,24,28)/t10-/m1/s1. The number of carbonyl (C=O) groups is 1. The topological polar surface area (TPSA) is 92.1 Å². The van der Waals surface area contributed by atoms with Gasteiger partial charge in [0, 0.05) is 25.8 Å². The minimum absolute atomic E-state index is 0.131. The molecule has 1 aliphatic heterocycles. The van der Waals surface area contributed by atoms with Gasteiger partial charge in [-0.15, -0.1) is 4.80 Å². The zero-order valence-corrected chi connectivity index (χ0v) is 17.4. The molecular formula is C17H16BrClN8O. The van der Waals surface area contributed by atoms with Gasteiger partial charge in [0.1, 0.15) is 0 Å². The summed E-state index contributed by atoms with van der Waals surface area (Å²) in [4.78, 5) is 26.5. The van der Waals surface area contributed by atoms with E-state index in [0.29, 0.717) is 23.1 Å². The van der Waals surface area contributed by atoms with Gasteiger partial charge in [0.25, 0.3) is 0 Å². The van der Waals surface area contributed by atoms with Crippen LogP contribution in [0, 0.1) is 0 Å². The maximum atomic E-state index is 13.0. The lowest BCUT2D eigenvalue weighted by molar-refractivity contribution is 0.256. The number of carbonyl (C=O) groups excluding carboxylic acids is 1. The third kappa shape index (κ3) is 3.29. The Balaban J connectivity index is 1.60. The van der Waals surface area contributed by atoms with Crippen LogP contribution in [0.2, 0.25) is 5.02 Å². The van der Waals surface area contributed by atoms with Crippen LogP contribution in [0.3, 0.4) is 0 Å². The summed E-state index contributed by atoms with van der Waals surface area (Å²) in [7, 11) is 2.00. The Morgan fingerprint density at radius 2 is 2.04 bits per heavy atom. The van der Waals surface area contributed by atoms with Gasteiger partial charge < -0.3 is 10.2 Å². The molecule has 1 N–H and O–H groups in total. The SMILES string of the molecule is C[C@@H]1CN(C(=O)Nc2cnc(-n3nccn3)c(Cl)c2)c2cncc(Br)c2N1C. The summed E-state index contributed by atoms with van der Waals surface area (Å²) in [6, 6.07) is 1.46. The molecule has 9 nitrogen and oxygen atoms in total. The van der Waals surface area contributed by atoms with Gasteiger partial charge in [-0.2, -0.15) is 10.2 Å². The van der Waals surface area contributed by atoms with E-state index in [4.69, 9.17) is 11.6 Å². The molecule has 0 aliphatic carbocycles. The van der Waals surface area contributed by atoms with Crippen molar-refractivity contribution >= 4 is 50.6 Å². The highest BCUT2D eigenvalue weighted by Crippen LogP contribution is 2.39. The highest BCUT2D eigenvalue weighted by atomic mass is 79.9. The number of halogens is 2. The molecule has 0 spiro atoms. The fourth-order valence-corrected chi connectivity index (χ4v) is 3.87. The minimum atomic E-state index is -0.288. The van der Waals surface area contributed by atoms with Crippen molar-refractivity contribution < 1.29 is 4.79 Å². The van der Waals surface area contributed by atoms with Crippen LogP contribution in [-0.2, 0) is 0 Å². The van der Waals surface area contributed by atoms with E-state index >= 15 is 0 Å². The fraction of sp³-hybridized carbons (Fsp3) is 0.235. The van der Waals surface area contributed by atoms with Crippen LogP contribution in [0.1, 0.15) is 6.92 Å². The molecule has 0 radical (unpaired) electrons. The number of hydrogen-bond acceptors (Lipinski definition) is 6. The normalized spacial score (nSPS) is 16.1. The van der Waals surface area contributed by atoms with Crippen molar-refractivity contribution in [3.63, 3.8) is 0 Å². The number of hydrogen-bond donors (Lipinski definition) is 1. The lowest BCUT2D eigenvalue weighted by Gasteiger charge is -2.40. The Morgan fingerprint density at radius 1 is 1.29 bits per heavy atom. The first-order chi connectivity index (χ1) is 13.5. The number of rotatable bonds is 2. The average molecular weight is 464 g/mol. The maximum absolute atomic E-state index is 13.0. The molecule has 0 unspecified atom stereocenters. The first-order valence-electron chi connectivity index (χ1n) is 8.43. The van der Waals surface area contributed by atoms with E-state index < -0.39 is 0 Å². The Labute approximate surface area is 174 Å². The highest BCUT2D eigenvalue weighted by molar-refractivity contribution is 9.10. The molecule has 2 amide bonds. The summed E-state index contributed by atoms with van der Waals surface area (Å²) in [5, 5.41) is 11.2. The monoisotopic (exact) mass is 462 g/mol. The van der Waals surface area contributed by atoms with Crippen molar-refractivity contribution in [2.45, 2.75) is 13.0 Å². The molecule has 0 saturated heterocycles. The molecule has 28 heavy (non-hydrogen) atoms. The molecule has 4 heterocycles. The number of nitrogens with zero attached hydrogens (tertiary/aromatic N) is 7. The van der Waals surface area contributed by atoms with E-state index in [1.807, 2.05) is 7.05 Å². The van der Waals surface area contributed by atoms with Crippen molar-refractivity contribution in [2.75, 3.05) is 28.7 Å². The third-order valence-corrected chi connectivity index (χ3v) is 5.39. The van der Waals surface area contributed by atoms with Crippen LogP contribution >= 0.6 is 27.5 Å². The molecule has 11 heteroatoms.